The van der Waals surface area contributed by atoms with Crippen molar-refractivity contribution in [3.63, 3.8) is 0 Å². The van der Waals surface area contributed by atoms with E-state index in [0.717, 1.165) is 23.5 Å². The van der Waals surface area contributed by atoms with Gasteiger partial charge in [0.15, 0.2) is 0 Å². The number of hydrogen-bond donors (Lipinski definition) is 1. The Morgan fingerprint density at radius 3 is 2.53 bits per heavy atom. The highest BCUT2D eigenvalue weighted by Crippen LogP contribution is 2.39. The molecule has 0 spiro atoms. The monoisotopic (exact) mass is 290 g/mol. The summed E-state index contributed by atoms with van der Waals surface area (Å²) in [6.07, 6.45) is -4.63. The van der Waals surface area contributed by atoms with Gasteiger partial charge in [0.2, 0.25) is 0 Å². The fraction of sp³-hybridized carbons (Fsp3) is 0.250. The topological polar surface area (TPSA) is 38.9 Å². The van der Waals surface area contributed by atoms with Crippen LogP contribution in [-0.4, -0.2) is 4.98 Å². The highest BCUT2D eigenvalue weighted by atomic mass is 32.1. The zero-order chi connectivity index (χ0) is 14.2. The van der Waals surface area contributed by atoms with Gasteiger partial charge in [-0.05, 0) is 25.1 Å². The van der Waals surface area contributed by atoms with Crippen molar-refractivity contribution in [3.05, 3.63) is 40.2 Å². The Labute approximate surface area is 110 Å². The minimum Gasteiger partial charge on any atom is -0.326 e. The number of aryl methyl sites for hydroxylation is 1. The number of aromatic nitrogens is 1. The van der Waals surface area contributed by atoms with E-state index in [9.17, 15) is 17.6 Å². The number of nitrogens with zero attached hydrogens (tertiary/aromatic N) is 1. The van der Waals surface area contributed by atoms with Gasteiger partial charge in [0.05, 0.1) is 11.3 Å². The lowest BCUT2D eigenvalue weighted by molar-refractivity contribution is -0.137. The third kappa shape index (κ3) is 2.76. The van der Waals surface area contributed by atoms with E-state index in [2.05, 4.69) is 4.98 Å². The molecule has 2 nitrogen and oxygen atoms in total. The lowest BCUT2D eigenvalue weighted by atomic mass is 10.1. The molecule has 0 amide bonds. The molecule has 19 heavy (non-hydrogen) atoms. The van der Waals surface area contributed by atoms with Gasteiger partial charge < -0.3 is 5.73 Å². The second-order valence-electron chi connectivity index (χ2n) is 3.92. The Kier molecular flexibility index (Phi) is 3.60. The lowest BCUT2D eigenvalue weighted by Gasteiger charge is -2.11. The first-order valence-electron chi connectivity index (χ1n) is 5.36. The summed E-state index contributed by atoms with van der Waals surface area (Å²) in [5.41, 5.74) is 4.93. The fourth-order valence-electron chi connectivity index (χ4n) is 1.67. The summed E-state index contributed by atoms with van der Waals surface area (Å²) in [5.74, 6) is -0.927. The molecule has 0 radical (unpaired) electrons. The number of thiazole rings is 1. The lowest BCUT2D eigenvalue weighted by Crippen LogP contribution is -2.07. The van der Waals surface area contributed by atoms with Gasteiger partial charge in [0.25, 0.3) is 0 Å². The van der Waals surface area contributed by atoms with Crippen LogP contribution in [0.3, 0.4) is 0 Å². The number of rotatable bonds is 2. The van der Waals surface area contributed by atoms with Gasteiger partial charge in [-0.15, -0.1) is 11.3 Å². The summed E-state index contributed by atoms with van der Waals surface area (Å²) in [6, 6.07) is 2.56. The predicted octanol–water partition coefficient (Wildman–Crippen LogP) is 3.74. The number of benzene rings is 1. The fourth-order valence-corrected chi connectivity index (χ4v) is 2.65. The van der Waals surface area contributed by atoms with Gasteiger partial charge in [-0.3, -0.25) is 0 Å². The molecule has 2 rings (SSSR count). The highest BCUT2D eigenvalue weighted by Gasteiger charge is 2.35. The van der Waals surface area contributed by atoms with Crippen LogP contribution >= 0.6 is 11.3 Å². The number of nitrogens with two attached hydrogens (primary N) is 1. The molecule has 2 aromatic rings. The molecule has 102 valence electrons. The second kappa shape index (κ2) is 4.90. The first-order chi connectivity index (χ1) is 8.82. The third-order valence-corrected chi connectivity index (χ3v) is 3.81. The van der Waals surface area contributed by atoms with E-state index in [-0.39, 0.29) is 17.1 Å². The molecule has 7 heteroatoms. The van der Waals surface area contributed by atoms with E-state index in [0.29, 0.717) is 16.6 Å². The molecule has 0 saturated heterocycles. The molecule has 0 atom stereocenters. The quantitative estimate of drug-likeness (QED) is 0.856. The largest absolute Gasteiger partial charge is 0.417 e. The van der Waals surface area contributed by atoms with Crippen LogP contribution in [0.1, 0.15) is 16.1 Å². The number of alkyl halides is 3. The Balaban J connectivity index is 2.61. The van der Waals surface area contributed by atoms with Crippen molar-refractivity contribution in [1.29, 1.82) is 0 Å². The molecular formula is C12H10F4N2S. The molecule has 0 aliphatic carbocycles. The van der Waals surface area contributed by atoms with E-state index >= 15 is 0 Å². The smallest absolute Gasteiger partial charge is 0.326 e. The molecule has 1 heterocycles. The summed E-state index contributed by atoms with van der Waals surface area (Å²) >= 11 is 1.09. The molecule has 0 aliphatic rings. The summed E-state index contributed by atoms with van der Waals surface area (Å²) in [4.78, 5) is 4.79. The van der Waals surface area contributed by atoms with Gasteiger partial charge in [0.1, 0.15) is 10.8 Å². The summed E-state index contributed by atoms with van der Waals surface area (Å²) in [7, 11) is 0. The molecule has 1 aromatic carbocycles. The molecular weight excluding hydrogens is 280 g/mol. The van der Waals surface area contributed by atoms with E-state index in [4.69, 9.17) is 5.73 Å². The van der Waals surface area contributed by atoms with Crippen molar-refractivity contribution < 1.29 is 17.6 Å². The maximum absolute atomic E-state index is 13.0. The third-order valence-electron chi connectivity index (χ3n) is 2.60. The molecule has 1 aromatic heterocycles. The van der Waals surface area contributed by atoms with E-state index < -0.39 is 17.6 Å². The first-order valence-corrected chi connectivity index (χ1v) is 6.18. The normalized spacial score (nSPS) is 11.9. The zero-order valence-electron chi connectivity index (χ0n) is 9.88. The molecule has 0 fully saturated rings. The van der Waals surface area contributed by atoms with Crippen molar-refractivity contribution in [2.75, 3.05) is 0 Å². The minimum absolute atomic E-state index is 0.123. The van der Waals surface area contributed by atoms with Crippen molar-refractivity contribution in [2.24, 2.45) is 5.73 Å². The summed E-state index contributed by atoms with van der Waals surface area (Å²) < 4.78 is 51.7. The molecule has 0 unspecified atom stereocenters. The van der Waals surface area contributed by atoms with E-state index in [1.807, 2.05) is 0 Å². The van der Waals surface area contributed by atoms with Crippen molar-refractivity contribution in [3.8, 4) is 10.6 Å². The SMILES string of the molecule is Cc1nc(-c2ccc(F)cc2C(F)(F)F)sc1CN. The summed E-state index contributed by atoms with van der Waals surface area (Å²) in [6.45, 7) is 1.89. The number of hydrogen-bond acceptors (Lipinski definition) is 3. The number of halogens is 4. The Morgan fingerprint density at radius 1 is 1.32 bits per heavy atom. The minimum atomic E-state index is -4.63. The van der Waals surface area contributed by atoms with Crippen LogP contribution in [0.4, 0.5) is 17.6 Å². The van der Waals surface area contributed by atoms with Crippen LogP contribution < -0.4 is 5.73 Å². The predicted molar refractivity (Wildman–Crippen MR) is 65.1 cm³/mol. The van der Waals surface area contributed by atoms with Crippen LogP contribution in [0.5, 0.6) is 0 Å². The molecule has 2 N–H and O–H groups in total. The van der Waals surface area contributed by atoms with E-state index in [1.54, 1.807) is 6.92 Å². The highest BCUT2D eigenvalue weighted by molar-refractivity contribution is 7.15. The van der Waals surface area contributed by atoms with Gasteiger partial charge in [-0.25, -0.2) is 9.37 Å². The second-order valence-corrected chi connectivity index (χ2v) is 5.00. The Bertz CT molecular complexity index is 604. The first kappa shape index (κ1) is 14.0. The van der Waals surface area contributed by atoms with Crippen molar-refractivity contribution >= 4 is 11.3 Å². The average Bonchev–Trinajstić information content (AvgIpc) is 2.69. The standard InChI is InChI=1S/C12H10F4N2S/c1-6-10(5-17)19-11(18-6)8-3-2-7(13)4-9(8)12(14,15)16/h2-4H,5,17H2,1H3. The van der Waals surface area contributed by atoms with Crippen LogP contribution in [0.25, 0.3) is 10.6 Å². The van der Waals surface area contributed by atoms with Crippen LogP contribution in [-0.2, 0) is 12.7 Å². The van der Waals surface area contributed by atoms with Gasteiger partial charge >= 0.3 is 6.18 Å². The Morgan fingerprint density at radius 2 is 2.00 bits per heavy atom. The van der Waals surface area contributed by atoms with Crippen molar-refractivity contribution in [1.82, 2.24) is 4.98 Å². The van der Waals surface area contributed by atoms with Crippen LogP contribution in [0, 0.1) is 12.7 Å². The van der Waals surface area contributed by atoms with Gasteiger partial charge in [-0.1, -0.05) is 0 Å². The van der Waals surface area contributed by atoms with Crippen molar-refractivity contribution in [2.45, 2.75) is 19.6 Å². The van der Waals surface area contributed by atoms with Crippen LogP contribution in [0.15, 0.2) is 18.2 Å². The Hall–Kier alpha value is -1.47. The molecule has 0 bridgehead atoms. The maximum Gasteiger partial charge on any atom is 0.417 e. The average molecular weight is 290 g/mol. The summed E-state index contributed by atoms with van der Waals surface area (Å²) in [5, 5.41) is 0.199. The van der Waals surface area contributed by atoms with Gasteiger partial charge in [0, 0.05) is 17.0 Å². The van der Waals surface area contributed by atoms with Crippen LogP contribution in [0.2, 0.25) is 0 Å². The maximum atomic E-state index is 13.0. The molecule has 0 saturated carbocycles. The van der Waals surface area contributed by atoms with Gasteiger partial charge in [-0.2, -0.15) is 13.2 Å². The van der Waals surface area contributed by atoms with E-state index in [1.165, 1.54) is 0 Å². The zero-order valence-corrected chi connectivity index (χ0v) is 10.7. The molecule has 0 aliphatic heterocycles.